The Morgan fingerprint density at radius 1 is 1.25 bits per heavy atom. The van der Waals surface area contributed by atoms with Crippen LogP contribution in [-0.2, 0) is 0 Å². The zero-order chi connectivity index (χ0) is 12.3. The van der Waals surface area contributed by atoms with Gasteiger partial charge in [0.25, 0.3) is 0 Å². The predicted molar refractivity (Wildman–Crippen MR) is 65.2 cm³/mol. The van der Waals surface area contributed by atoms with Crippen molar-refractivity contribution in [2.24, 2.45) is 17.7 Å². The van der Waals surface area contributed by atoms with E-state index in [1.807, 2.05) is 13.0 Å². The fourth-order valence-corrected chi connectivity index (χ4v) is 1.81. The summed E-state index contributed by atoms with van der Waals surface area (Å²) in [5.74, 6) is 6.08. The Morgan fingerprint density at radius 2 is 1.88 bits per heavy atom. The van der Waals surface area contributed by atoms with Gasteiger partial charge < -0.3 is 0 Å². The third-order valence-corrected chi connectivity index (χ3v) is 3.24. The maximum atomic E-state index is 13.7. The van der Waals surface area contributed by atoms with Crippen LogP contribution in [0.15, 0.2) is 18.2 Å². The minimum absolute atomic E-state index is 0.139. The molecule has 2 unspecified atom stereocenters. The highest BCUT2D eigenvalue weighted by Crippen LogP contribution is 2.29. The fraction of sp³-hybridized carbons (Fsp3) is 0.538. The van der Waals surface area contributed by atoms with Gasteiger partial charge in [0.05, 0.1) is 6.04 Å². The first-order valence-corrected chi connectivity index (χ1v) is 5.69. The van der Waals surface area contributed by atoms with Gasteiger partial charge in [-0.3, -0.25) is 11.3 Å². The molecule has 0 heterocycles. The van der Waals surface area contributed by atoms with Crippen molar-refractivity contribution in [2.75, 3.05) is 0 Å². The van der Waals surface area contributed by atoms with E-state index in [-0.39, 0.29) is 17.8 Å². The molecule has 1 aromatic rings. The molecule has 3 N–H and O–H groups in total. The number of nitrogens with two attached hydrogens (primary N) is 1. The van der Waals surface area contributed by atoms with Crippen molar-refractivity contribution in [3.8, 4) is 0 Å². The smallest absolute Gasteiger partial charge is 0.128 e. The van der Waals surface area contributed by atoms with E-state index in [4.69, 9.17) is 5.84 Å². The summed E-state index contributed by atoms with van der Waals surface area (Å²) in [5.41, 5.74) is 4.43. The summed E-state index contributed by atoms with van der Waals surface area (Å²) in [7, 11) is 0. The molecule has 16 heavy (non-hydrogen) atoms. The van der Waals surface area contributed by atoms with Crippen molar-refractivity contribution in [1.82, 2.24) is 5.43 Å². The molecular formula is C13H21FN2. The van der Waals surface area contributed by atoms with Gasteiger partial charge in [0.2, 0.25) is 0 Å². The van der Waals surface area contributed by atoms with E-state index in [2.05, 4.69) is 26.2 Å². The van der Waals surface area contributed by atoms with E-state index >= 15 is 0 Å². The van der Waals surface area contributed by atoms with E-state index in [0.29, 0.717) is 11.5 Å². The molecule has 0 saturated carbocycles. The highest BCUT2D eigenvalue weighted by atomic mass is 19.1. The molecule has 1 rings (SSSR count). The molecule has 0 radical (unpaired) electrons. The van der Waals surface area contributed by atoms with Crippen LogP contribution in [0.25, 0.3) is 0 Å². The predicted octanol–water partition coefficient (Wildman–Crippen LogP) is 2.93. The number of hydrogen-bond donors (Lipinski definition) is 2. The van der Waals surface area contributed by atoms with Crippen LogP contribution in [0.5, 0.6) is 0 Å². The van der Waals surface area contributed by atoms with Gasteiger partial charge in [-0.2, -0.15) is 0 Å². The van der Waals surface area contributed by atoms with Crippen LogP contribution < -0.4 is 11.3 Å². The number of hydrogen-bond acceptors (Lipinski definition) is 2. The highest BCUT2D eigenvalue weighted by Gasteiger charge is 2.23. The maximum Gasteiger partial charge on any atom is 0.128 e. The SMILES string of the molecule is Cc1ccc(F)c(C(NN)C(C)C(C)C)c1. The summed E-state index contributed by atoms with van der Waals surface area (Å²) < 4.78 is 13.7. The Bertz CT molecular complexity index is 350. The topological polar surface area (TPSA) is 38.0 Å². The van der Waals surface area contributed by atoms with Crippen molar-refractivity contribution in [1.29, 1.82) is 0 Å². The summed E-state index contributed by atoms with van der Waals surface area (Å²) >= 11 is 0. The van der Waals surface area contributed by atoms with Gasteiger partial charge in [-0.15, -0.1) is 0 Å². The van der Waals surface area contributed by atoms with Crippen LogP contribution >= 0.6 is 0 Å². The van der Waals surface area contributed by atoms with Crippen molar-refractivity contribution < 1.29 is 4.39 Å². The number of benzene rings is 1. The van der Waals surface area contributed by atoms with E-state index < -0.39 is 0 Å². The van der Waals surface area contributed by atoms with Gasteiger partial charge >= 0.3 is 0 Å². The quantitative estimate of drug-likeness (QED) is 0.609. The van der Waals surface area contributed by atoms with Gasteiger partial charge in [-0.1, -0.05) is 38.5 Å². The first kappa shape index (κ1) is 13.1. The molecule has 2 atom stereocenters. The molecule has 0 amide bonds. The zero-order valence-corrected chi connectivity index (χ0v) is 10.4. The monoisotopic (exact) mass is 224 g/mol. The number of nitrogens with one attached hydrogen (secondary N) is 1. The van der Waals surface area contributed by atoms with Gasteiger partial charge in [0, 0.05) is 5.56 Å². The highest BCUT2D eigenvalue weighted by molar-refractivity contribution is 5.27. The maximum absolute atomic E-state index is 13.7. The van der Waals surface area contributed by atoms with E-state index in [1.165, 1.54) is 6.07 Å². The van der Waals surface area contributed by atoms with E-state index in [0.717, 1.165) is 5.56 Å². The minimum atomic E-state index is -0.193. The standard InChI is InChI=1S/C13H21FN2/c1-8(2)10(4)13(16-15)11-7-9(3)5-6-12(11)14/h5-8,10,13,16H,15H2,1-4H3. The molecule has 0 aliphatic carbocycles. The Morgan fingerprint density at radius 3 is 2.38 bits per heavy atom. The lowest BCUT2D eigenvalue weighted by atomic mass is 9.86. The molecule has 0 bridgehead atoms. The first-order valence-electron chi connectivity index (χ1n) is 5.69. The Balaban J connectivity index is 3.07. The van der Waals surface area contributed by atoms with Crippen LogP contribution in [0, 0.1) is 24.6 Å². The van der Waals surface area contributed by atoms with Crippen LogP contribution in [0.2, 0.25) is 0 Å². The lowest BCUT2D eigenvalue weighted by Crippen LogP contribution is -2.35. The fourth-order valence-electron chi connectivity index (χ4n) is 1.81. The molecule has 2 nitrogen and oxygen atoms in total. The van der Waals surface area contributed by atoms with Crippen molar-refractivity contribution in [3.05, 3.63) is 35.1 Å². The first-order chi connectivity index (χ1) is 7.47. The Labute approximate surface area is 97.0 Å². The Kier molecular flexibility index (Phi) is 4.44. The molecule has 1 aromatic carbocycles. The van der Waals surface area contributed by atoms with E-state index in [9.17, 15) is 4.39 Å². The van der Waals surface area contributed by atoms with Crippen molar-refractivity contribution in [2.45, 2.75) is 33.7 Å². The molecule has 0 spiro atoms. The lowest BCUT2D eigenvalue weighted by molar-refractivity contribution is 0.299. The lowest BCUT2D eigenvalue weighted by Gasteiger charge is -2.27. The largest absolute Gasteiger partial charge is 0.271 e. The molecule has 0 aliphatic heterocycles. The third kappa shape index (κ3) is 2.80. The summed E-state index contributed by atoms with van der Waals surface area (Å²) in [6.45, 7) is 8.26. The van der Waals surface area contributed by atoms with Crippen molar-refractivity contribution >= 4 is 0 Å². The molecule has 0 saturated heterocycles. The number of halogens is 1. The van der Waals surface area contributed by atoms with Gasteiger partial charge in [0.15, 0.2) is 0 Å². The second-order valence-corrected chi connectivity index (χ2v) is 4.77. The second kappa shape index (κ2) is 5.41. The Hall–Kier alpha value is -0.930. The average Bonchev–Trinajstić information content (AvgIpc) is 2.23. The number of rotatable bonds is 4. The van der Waals surface area contributed by atoms with Gasteiger partial charge in [0.1, 0.15) is 5.82 Å². The molecule has 0 aromatic heterocycles. The van der Waals surface area contributed by atoms with Crippen LogP contribution in [0.3, 0.4) is 0 Å². The molecule has 3 heteroatoms. The van der Waals surface area contributed by atoms with Gasteiger partial charge in [-0.05, 0) is 24.8 Å². The number of aryl methyl sites for hydroxylation is 1. The van der Waals surface area contributed by atoms with E-state index in [1.54, 1.807) is 6.07 Å². The second-order valence-electron chi connectivity index (χ2n) is 4.77. The normalized spacial score (nSPS) is 15.2. The minimum Gasteiger partial charge on any atom is -0.271 e. The van der Waals surface area contributed by atoms with Gasteiger partial charge in [-0.25, -0.2) is 4.39 Å². The van der Waals surface area contributed by atoms with Crippen LogP contribution in [-0.4, -0.2) is 0 Å². The summed E-state index contributed by atoms with van der Waals surface area (Å²) in [4.78, 5) is 0. The number of hydrazine groups is 1. The molecule has 90 valence electrons. The van der Waals surface area contributed by atoms with Crippen molar-refractivity contribution in [3.63, 3.8) is 0 Å². The molecule has 0 fully saturated rings. The summed E-state index contributed by atoms with van der Waals surface area (Å²) in [6.07, 6.45) is 0. The average molecular weight is 224 g/mol. The van der Waals surface area contributed by atoms with Crippen LogP contribution in [0.1, 0.15) is 37.9 Å². The summed E-state index contributed by atoms with van der Waals surface area (Å²) in [5, 5.41) is 0. The van der Waals surface area contributed by atoms with Crippen LogP contribution in [0.4, 0.5) is 4.39 Å². The third-order valence-electron chi connectivity index (χ3n) is 3.24. The summed E-state index contributed by atoms with van der Waals surface area (Å²) in [6, 6.07) is 4.99. The zero-order valence-electron chi connectivity index (χ0n) is 10.4. The molecule has 0 aliphatic rings. The molecular weight excluding hydrogens is 203 g/mol.